The number of benzene rings is 1. The largest absolute Gasteiger partial charge is 0.497 e. The lowest BCUT2D eigenvalue weighted by atomic mass is 9.90. The van der Waals surface area contributed by atoms with Crippen molar-refractivity contribution in [2.24, 2.45) is 0 Å². The van der Waals surface area contributed by atoms with E-state index in [-0.39, 0.29) is 5.91 Å². The van der Waals surface area contributed by atoms with Crippen LogP contribution in [0.3, 0.4) is 0 Å². The second kappa shape index (κ2) is 5.89. The molecule has 1 aromatic rings. The van der Waals surface area contributed by atoms with Crippen LogP contribution in [0.5, 0.6) is 5.75 Å². The predicted octanol–water partition coefficient (Wildman–Crippen LogP) is 2.81. The Balaban J connectivity index is 2.10. The number of methoxy groups -OCH3 is 1. The molecule has 1 heterocycles. The summed E-state index contributed by atoms with van der Waals surface area (Å²) < 4.78 is 5.26. The summed E-state index contributed by atoms with van der Waals surface area (Å²) in [6.07, 6.45) is 2.85. The molecule has 3 nitrogen and oxygen atoms in total. The first kappa shape index (κ1) is 12.9. The summed E-state index contributed by atoms with van der Waals surface area (Å²) in [5, 5.41) is 0. The molecule has 0 N–H and O–H groups in total. The van der Waals surface area contributed by atoms with E-state index in [1.807, 2.05) is 24.0 Å². The van der Waals surface area contributed by atoms with Crippen LogP contribution in [0.4, 0.5) is 0 Å². The fraction of sp³-hybridized carbons (Fsp3) is 0.533. The third-order valence-electron chi connectivity index (χ3n) is 3.64. The van der Waals surface area contributed by atoms with E-state index in [1.54, 1.807) is 7.11 Å². The van der Waals surface area contributed by atoms with E-state index >= 15 is 0 Å². The molecule has 0 aliphatic carbocycles. The Morgan fingerprint density at radius 1 is 1.50 bits per heavy atom. The molecule has 1 atom stereocenters. The van der Waals surface area contributed by atoms with Crippen LogP contribution in [0.1, 0.15) is 37.7 Å². The maximum Gasteiger partial charge on any atom is 0.222 e. The predicted molar refractivity (Wildman–Crippen MR) is 71.8 cm³/mol. The SMILES string of the molecule is CCC(=O)N1CCC[C@H](c2cccc(OC)c2)C1. The highest BCUT2D eigenvalue weighted by molar-refractivity contribution is 5.76. The minimum atomic E-state index is 0.266. The van der Waals surface area contributed by atoms with Crippen molar-refractivity contribution in [3.05, 3.63) is 29.8 Å². The fourth-order valence-electron chi connectivity index (χ4n) is 2.59. The molecule has 1 aliphatic rings. The zero-order valence-electron chi connectivity index (χ0n) is 11.2. The molecule has 0 bridgehead atoms. The summed E-state index contributed by atoms with van der Waals surface area (Å²) in [5.41, 5.74) is 1.28. The molecule has 0 aromatic heterocycles. The van der Waals surface area contributed by atoms with E-state index < -0.39 is 0 Å². The fourth-order valence-corrected chi connectivity index (χ4v) is 2.59. The molecular weight excluding hydrogens is 226 g/mol. The summed E-state index contributed by atoms with van der Waals surface area (Å²) in [4.78, 5) is 13.8. The molecule has 18 heavy (non-hydrogen) atoms. The normalized spacial score (nSPS) is 19.7. The van der Waals surface area contributed by atoms with Gasteiger partial charge in [-0.2, -0.15) is 0 Å². The number of carbonyl (C=O) groups is 1. The van der Waals surface area contributed by atoms with Gasteiger partial charge in [0.05, 0.1) is 7.11 Å². The molecule has 1 fully saturated rings. The smallest absolute Gasteiger partial charge is 0.222 e. The second-order valence-corrected chi connectivity index (χ2v) is 4.81. The van der Waals surface area contributed by atoms with Crippen molar-refractivity contribution in [3.63, 3.8) is 0 Å². The van der Waals surface area contributed by atoms with E-state index in [1.165, 1.54) is 5.56 Å². The Morgan fingerprint density at radius 2 is 2.33 bits per heavy atom. The van der Waals surface area contributed by atoms with E-state index in [0.29, 0.717) is 12.3 Å². The third kappa shape index (κ3) is 2.84. The topological polar surface area (TPSA) is 29.5 Å². The minimum absolute atomic E-state index is 0.266. The lowest BCUT2D eigenvalue weighted by Crippen LogP contribution is -2.38. The number of likely N-dealkylation sites (tertiary alicyclic amines) is 1. The van der Waals surface area contributed by atoms with Gasteiger partial charge in [0.1, 0.15) is 5.75 Å². The van der Waals surface area contributed by atoms with Gasteiger partial charge in [-0.3, -0.25) is 4.79 Å². The van der Waals surface area contributed by atoms with Gasteiger partial charge in [0.2, 0.25) is 5.91 Å². The van der Waals surface area contributed by atoms with Gasteiger partial charge >= 0.3 is 0 Å². The monoisotopic (exact) mass is 247 g/mol. The summed E-state index contributed by atoms with van der Waals surface area (Å²) in [6.45, 7) is 3.68. The van der Waals surface area contributed by atoms with Gasteiger partial charge in [-0.1, -0.05) is 19.1 Å². The van der Waals surface area contributed by atoms with Crippen LogP contribution in [-0.4, -0.2) is 31.0 Å². The van der Waals surface area contributed by atoms with Gasteiger partial charge < -0.3 is 9.64 Å². The van der Waals surface area contributed by atoms with Crippen molar-refractivity contribution < 1.29 is 9.53 Å². The summed E-state index contributed by atoms with van der Waals surface area (Å²) in [6, 6.07) is 8.20. The molecule has 1 saturated heterocycles. The molecule has 1 aromatic carbocycles. The average molecular weight is 247 g/mol. The van der Waals surface area contributed by atoms with Gasteiger partial charge in [-0.15, -0.1) is 0 Å². The first-order chi connectivity index (χ1) is 8.74. The van der Waals surface area contributed by atoms with Crippen molar-refractivity contribution in [1.29, 1.82) is 0 Å². The maximum absolute atomic E-state index is 11.8. The van der Waals surface area contributed by atoms with E-state index in [4.69, 9.17) is 4.74 Å². The van der Waals surface area contributed by atoms with Crippen molar-refractivity contribution in [1.82, 2.24) is 4.90 Å². The molecule has 1 aliphatic heterocycles. The van der Waals surface area contributed by atoms with Crippen LogP contribution in [0.15, 0.2) is 24.3 Å². The molecule has 1 amide bonds. The molecule has 0 radical (unpaired) electrons. The Bertz CT molecular complexity index is 417. The number of amides is 1. The Labute approximate surface area is 109 Å². The maximum atomic E-state index is 11.8. The average Bonchev–Trinajstić information content (AvgIpc) is 2.46. The number of carbonyl (C=O) groups excluding carboxylic acids is 1. The lowest BCUT2D eigenvalue weighted by Gasteiger charge is -2.33. The van der Waals surface area contributed by atoms with Crippen molar-refractivity contribution in [3.8, 4) is 5.75 Å². The second-order valence-electron chi connectivity index (χ2n) is 4.81. The summed E-state index contributed by atoms with van der Waals surface area (Å²) in [5.74, 6) is 1.61. The van der Waals surface area contributed by atoms with E-state index in [2.05, 4.69) is 12.1 Å². The van der Waals surface area contributed by atoms with Crippen LogP contribution >= 0.6 is 0 Å². The lowest BCUT2D eigenvalue weighted by molar-refractivity contribution is -0.132. The molecule has 0 spiro atoms. The standard InChI is InChI=1S/C15H21NO2/c1-3-15(17)16-9-5-7-13(11-16)12-6-4-8-14(10-12)18-2/h4,6,8,10,13H,3,5,7,9,11H2,1-2H3/t13-/m0/s1. The van der Waals surface area contributed by atoms with Gasteiger partial charge in [0.15, 0.2) is 0 Å². The number of hydrogen-bond acceptors (Lipinski definition) is 2. The number of ether oxygens (including phenoxy) is 1. The van der Waals surface area contributed by atoms with E-state index in [9.17, 15) is 4.79 Å². The van der Waals surface area contributed by atoms with Crippen molar-refractivity contribution in [2.75, 3.05) is 20.2 Å². The van der Waals surface area contributed by atoms with Crippen molar-refractivity contribution >= 4 is 5.91 Å². The van der Waals surface area contributed by atoms with Gasteiger partial charge in [-0.05, 0) is 30.5 Å². The van der Waals surface area contributed by atoms with Crippen LogP contribution in [0.25, 0.3) is 0 Å². The zero-order valence-corrected chi connectivity index (χ0v) is 11.2. The Hall–Kier alpha value is -1.51. The van der Waals surface area contributed by atoms with Gasteiger partial charge in [-0.25, -0.2) is 0 Å². The summed E-state index contributed by atoms with van der Waals surface area (Å²) in [7, 11) is 1.69. The Morgan fingerprint density at radius 3 is 3.06 bits per heavy atom. The van der Waals surface area contributed by atoms with Gasteiger partial charge in [0, 0.05) is 25.4 Å². The number of nitrogens with zero attached hydrogens (tertiary/aromatic N) is 1. The molecule has 3 heteroatoms. The highest BCUT2D eigenvalue weighted by atomic mass is 16.5. The van der Waals surface area contributed by atoms with Crippen molar-refractivity contribution in [2.45, 2.75) is 32.1 Å². The molecular formula is C15H21NO2. The van der Waals surface area contributed by atoms with Gasteiger partial charge in [0.25, 0.3) is 0 Å². The minimum Gasteiger partial charge on any atom is -0.497 e. The van der Waals surface area contributed by atoms with Crippen LogP contribution in [0.2, 0.25) is 0 Å². The quantitative estimate of drug-likeness (QED) is 0.822. The number of rotatable bonds is 3. The Kier molecular flexibility index (Phi) is 4.24. The highest BCUT2D eigenvalue weighted by Gasteiger charge is 2.23. The van der Waals surface area contributed by atoms with Crippen LogP contribution in [-0.2, 0) is 4.79 Å². The zero-order chi connectivity index (χ0) is 13.0. The molecule has 2 rings (SSSR count). The van der Waals surface area contributed by atoms with E-state index in [0.717, 1.165) is 31.7 Å². The number of hydrogen-bond donors (Lipinski definition) is 0. The number of piperidine rings is 1. The first-order valence-electron chi connectivity index (χ1n) is 6.66. The van der Waals surface area contributed by atoms with Crippen LogP contribution < -0.4 is 4.74 Å². The molecule has 98 valence electrons. The third-order valence-corrected chi connectivity index (χ3v) is 3.64. The highest BCUT2D eigenvalue weighted by Crippen LogP contribution is 2.29. The summed E-state index contributed by atoms with van der Waals surface area (Å²) >= 11 is 0. The molecule has 0 saturated carbocycles. The van der Waals surface area contributed by atoms with Crippen LogP contribution in [0, 0.1) is 0 Å². The first-order valence-corrected chi connectivity index (χ1v) is 6.66. The molecule has 0 unspecified atom stereocenters.